The first kappa shape index (κ1) is 12.0. The molecule has 0 atom stereocenters. The molecule has 0 aliphatic heterocycles. The Bertz CT molecular complexity index is 486. The maximum absolute atomic E-state index is 11.7. The van der Waals surface area contributed by atoms with Crippen molar-refractivity contribution in [3.8, 4) is 17.9 Å². The van der Waals surface area contributed by atoms with Crippen molar-refractivity contribution in [2.24, 2.45) is 5.92 Å². The Kier molecular flexibility index (Phi) is 3.88. The molecule has 0 aromatic heterocycles. The number of rotatable bonds is 3. The summed E-state index contributed by atoms with van der Waals surface area (Å²) in [5, 5.41) is 17.6. The van der Waals surface area contributed by atoms with Crippen LogP contribution in [0.5, 0.6) is 5.75 Å². The molecule has 0 aliphatic rings. The third kappa shape index (κ3) is 2.31. The monoisotopic (exact) mass is 234 g/mol. The van der Waals surface area contributed by atoms with Crippen molar-refractivity contribution < 1.29 is 9.53 Å². The Morgan fingerprint density at radius 2 is 2.06 bits per heavy atom. The van der Waals surface area contributed by atoms with E-state index < -0.39 is 11.7 Å². The van der Waals surface area contributed by atoms with Crippen LogP contribution in [-0.4, -0.2) is 12.9 Å². The lowest BCUT2D eigenvalue weighted by atomic mass is 9.99. The van der Waals surface area contributed by atoms with Crippen molar-refractivity contribution in [1.82, 2.24) is 0 Å². The summed E-state index contributed by atoms with van der Waals surface area (Å²) in [7, 11) is 1.39. The van der Waals surface area contributed by atoms with Crippen molar-refractivity contribution in [2.45, 2.75) is 0 Å². The number of ether oxygens (including phenoxy) is 1. The standard InChI is InChI=1S/C11H7ClN2O2/c1-16-10-4-8(12)2-3-9(10)11(15)7(5-13)6-14/h2-4,7H,1H3. The molecular formula is C11H7ClN2O2. The number of Topliss-reactive ketones (excluding diaryl/α,β-unsaturated/α-hetero) is 1. The fourth-order valence-electron chi connectivity index (χ4n) is 1.17. The van der Waals surface area contributed by atoms with E-state index in [1.165, 1.54) is 25.3 Å². The van der Waals surface area contributed by atoms with E-state index >= 15 is 0 Å². The molecule has 4 nitrogen and oxygen atoms in total. The number of halogens is 1. The van der Waals surface area contributed by atoms with Crippen LogP contribution in [0.2, 0.25) is 5.02 Å². The van der Waals surface area contributed by atoms with Gasteiger partial charge in [-0.3, -0.25) is 4.79 Å². The third-order valence-electron chi connectivity index (χ3n) is 1.95. The summed E-state index contributed by atoms with van der Waals surface area (Å²) in [6.07, 6.45) is 0. The summed E-state index contributed by atoms with van der Waals surface area (Å²) in [5.74, 6) is -1.65. The number of benzene rings is 1. The zero-order valence-electron chi connectivity index (χ0n) is 8.40. The molecule has 0 bridgehead atoms. The highest BCUT2D eigenvalue weighted by Gasteiger charge is 2.22. The van der Waals surface area contributed by atoms with E-state index in [0.29, 0.717) is 5.02 Å². The summed E-state index contributed by atoms with van der Waals surface area (Å²) < 4.78 is 4.96. The Morgan fingerprint density at radius 3 is 2.56 bits per heavy atom. The molecule has 0 radical (unpaired) electrons. The smallest absolute Gasteiger partial charge is 0.198 e. The lowest BCUT2D eigenvalue weighted by Gasteiger charge is -2.07. The molecule has 0 fully saturated rings. The maximum Gasteiger partial charge on any atom is 0.198 e. The van der Waals surface area contributed by atoms with Gasteiger partial charge in [0.2, 0.25) is 0 Å². The second-order valence-corrected chi connectivity index (χ2v) is 3.34. The summed E-state index contributed by atoms with van der Waals surface area (Å²) in [6.45, 7) is 0. The van der Waals surface area contributed by atoms with Crippen LogP contribution >= 0.6 is 11.6 Å². The zero-order valence-corrected chi connectivity index (χ0v) is 9.15. The molecule has 0 heterocycles. The molecule has 16 heavy (non-hydrogen) atoms. The number of carbonyl (C=O) groups excluding carboxylic acids is 1. The number of nitrogens with zero attached hydrogens (tertiary/aromatic N) is 2. The number of hydrogen-bond donors (Lipinski definition) is 0. The van der Waals surface area contributed by atoms with E-state index in [9.17, 15) is 4.79 Å². The Labute approximate surface area is 97.6 Å². The Hall–Kier alpha value is -2.04. The zero-order chi connectivity index (χ0) is 12.1. The van der Waals surface area contributed by atoms with Gasteiger partial charge in [-0.1, -0.05) is 11.6 Å². The van der Waals surface area contributed by atoms with Gasteiger partial charge in [-0.05, 0) is 18.2 Å². The Balaban J connectivity index is 3.20. The molecule has 0 N–H and O–H groups in total. The van der Waals surface area contributed by atoms with Crippen LogP contribution in [0.25, 0.3) is 0 Å². The molecule has 1 aromatic carbocycles. The highest BCUT2D eigenvalue weighted by molar-refractivity contribution is 6.30. The van der Waals surface area contributed by atoms with Gasteiger partial charge in [0, 0.05) is 5.02 Å². The fourth-order valence-corrected chi connectivity index (χ4v) is 1.33. The topological polar surface area (TPSA) is 73.9 Å². The van der Waals surface area contributed by atoms with Crippen LogP contribution in [0, 0.1) is 28.6 Å². The lowest BCUT2D eigenvalue weighted by Crippen LogP contribution is -2.12. The molecule has 0 spiro atoms. The first-order valence-electron chi connectivity index (χ1n) is 4.31. The van der Waals surface area contributed by atoms with Gasteiger partial charge in [0.15, 0.2) is 11.7 Å². The average Bonchev–Trinajstić information content (AvgIpc) is 2.30. The molecule has 5 heteroatoms. The number of methoxy groups -OCH3 is 1. The minimum absolute atomic E-state index is 0.181. The number of carbonyl (C=O) groups is 1. The number of hydrogen-bond acceptors (Lipinski definition) is 4. The Morgan fingerprint density at radius 1 is 1.44 bits per heavy atom. The SMILES string of the molecule is COc1cc(Cl)ccc1C(=O)C(C#N)C#N. The van der Waals surface area contributed by atoms with Gasteiger partial charge in [-0.15, -0.1) is 0 Å². The molecule has 0 unspecified atom stereocenters. The third-order valence-corrected chi connectivity index (χ3v) is 2.18. The number of ketones is 1. The summed E-state index contributed by atoms with van der Waals surface area (Å²) in [5.41, 5.74) is 0.181. The van der Waals surface area contributed by atoms with Gasteiger partial charge >= 0.3 is 0 Å². The van der Waals surface area contributed by atoms with Crippen molar-refractivity contribution in [3.05, 3.63) is 28.8 Å². The van der Waals surface area contributed by atoms with Gasteiger partial charge in [0.25, 0.3) is 0 Å². The second kappa shape index (κ2) is 5.16. The van der Waals surface area contributed by atoms with E-state index in [1.807, 2.05) is 0 Å². The molecule has 0 amide bonds. The van der Waals surface area contributed by atoms with Crippen LogP contribution in [0.15, 0.2) is 18.2 Å². The van der Waals surface area contributed by atoms with Crippen LogP contribution < -0.4 is 4.74 Å². The summed E-state index contributed by atoms with van der Waals surface area (Å²) >= 11 is 5.73. The molecule has 1 rings (SSSR count). The van der Waals surface area contributed by atoms with Gasteiger partial charge in [-0.2, -0.15) is 10.5 Å². The largest absolute Gasteiger partial charge is 0.496 e. The molecule has 0 saturated heterocycles. The van der Waals surface area contributed by atoms with Crippen LogP contribution in [0.4, 0.5) is 0 Å². The first-order chi connectivity index (χ1) is 7.63. The van der Waals surface area contributed by atoms with Crippen LogP contribution in [0.3, 0.4) is 0 Å². The average molecular weight is 235 g/mol. The van der Waals surface area contributed by atoms with Gasteiger partial charge in [0.05, 0.1) is 24.8 Å². The van der Waals surface area contributed by atoms with E-state index in [4.69, 9.17) is 26.9 Å². The van der Waals surface area contributed by atoms with Crippen LogP contribution in [0.1, 0.15) is 10.4 Å². The minimum atomic E-state index is -1.32. The molecule has 0 aliphatic carbocycles. The van der Waals surface area contributed by atoms with Crippen molar-refractivity contribution >= 4 is 17.4 Å². The van der Waals surface area contributed by atoms with Crippen molar-refractivity contribution in [2.75, 3.05) is 7.11 Å². The molecular weight excluding hydrogens is 228 g/mol. The van der Waals surface area contributed by atoms with Gasteiger partial charge in [-0.25, -0.2) is 0 Å². The lowest BCUT2D eigenvalue weighted by molar-refractivity contribution is 0.0968. The fraction of sp³-hybridized carbons (Fsp3) is 0.182. The van der Waals surface area contributed by atoms with Crippen molar-refractivity contribution in [1.29, 1.82) is 10.5 Å². The highest BCUT2D eigenvalue weighted by atomic mass is 35.5. The summed E-state index contributed by atoms with van der Waals surface area (Å²) in [6, 6.07) is 7.63. The predicted octanol–water partition coefficient (Wildman–Crippen LogP) is 2.19. The molecule has 1 aromatic rings. The van der Waals surface area contributed by atoms with Crippen LogP contribution in [-0.2, 0) is 0 Å². The minimum Gasteiger partial charge on any atom is -0.496 e. The maximum atomic E-state index is 11.7. The van der Waals surface area contributed by atoms with Gasteiger partial charge < -0.3 is 4.74 Å². The summed E-state index contributed by atoms with van der Waals surface area (Å²) in [4.78, 5) is 11.7. The quantitative estimate of drug-likeness (QED) is 0.752. The van der Waals surface area contributed by atoms with E-state index in [-0.39, 0.29) is 11.3 Å². The molecule has 80 valence electrons. The van der Waals surface area contributed by atoms with E-state index in [0.717, 1.165) is 0 Å². The van der Waals surface area contributed by atoms with Gasteiger partial charge in [0.1, 0.15) is 5.75 Å². The highest BCUT2D eigenvalue weighted by Crippen LogP contribution is 2.25. The first-order valence-corrected chi connectivity index (χ1v) is 4.68. The van der Waals surface area contributed by atoms with E-state index in [2.05, 4.69) is 0 Å². The predicted molar refractivity (Wildman–Crippen MR) is 57.1 cm³/mol. The second-order valence-electron chi connectivity index (χ2n) is 2.90. The van der Waals surface area contributed by atoms with E-state index in [1.54, 1.807) is 12.1 Å². The normalized spacial score (nSPS) is 9.31. The molecule has 0 saturated carbocycles. The van der Waals surface area contributed by atoms with Crippen molar-refractivity contribution in [3.63, 3.8) is 0 Å². The number of nitriles is 2.